The molecule has 0 aliphatic carbocycles. The zero-order valence-electron chi connectivity index (χ0n) is 12.9. The first-order valence-electron chi connectivity index (χ1n) is 7.73. The number of aromatic nitrogens is 3. The van der Waals surface area contributed by atoms with Gasteiger partial charge in [0.15, 0.2) is 0 Å². The number of anilines is 1. The van der Waals surface area contributed by atoms with Gasteiger partial charge >= 0.3 is 0 Å². The Morgan fingerprint density at radius 1 is 1.38 bits per heavy atom. The van der Waals surface area contributed by atoms with Crippen LogP contribution in [-0.2, 0) is 0 Å². The van der Waals surface area contributed by atoms with Crippen molar-refractivity contribution in [2.24, 2.45) is 0 Å². The Hall–Kier alpha value is -2.54. The maximum Gasteiger partial charge on any atom is 0.261 e. The van der Waals surface area contributed by atoms with Gasteiger partial charge in [0.05, 0.1) is 11.7 Å². The lowest BCUT2D eigenvalue weighted by molar-refractivity contribution is 0.101. The predicted octanol–water partition coefficient (Wildman–Crippen LogP) is 3.09. The summed E-state index contributed by atoms with van der Waals surface area (Å²) < 4.78 is 5.91. The highest BCUT2D eigenvalue weighted by molar-refractivity contribution is 7.99. The molecule has 0 bridgehead atoms. The Morgan fingerprint density at radius 3 is 3.21 bits per heavy atom. The predicted molar refractivity (Wildman–Crippen MR) is 94.6 cm³/mol. The molecule has 0 unspecified atom stereocenters. The summed E-state index contributed by atoms with van der Waals surface area (Å²) in [5.41, 5.74) is 2.01. The Balaban J connectivity index is 1.55. The molecule has 1 atom stereocenters. The van der Waals surface area contributed by atoms with E-state index >= 15 is 0 Å². The van der Waals surface area contributed by atoms with E-state index in [2.05, 4.69) is 20.5 Å². The zero-order chi connectivity index (χ0) is 16.4. The molecule has 1 saturated heterocycles. The number of ether oxygens (including phenoxy) is 1. The van der Waals surface area contributed by atoms with Crippen LogP contribution in [0.15, 0.2) is 42.7 Å². The second-order valence-corrected chi connectivity index (χ2v) is 6.74. The van der Waals surface area contributed by atoms with Gasteiger partial charge in [0.1, 0.15) is 11.7 Å². The smallest absolute Gasteiger partial charge is 0.261 e. The van der Waals surface area contributed by atoms with Crippen LogP contribution in [0, 0.1) is 0 Å². The SMILES string of the molecule is O=C(Nc1ccc2cn[nH]c2c1)c1cccnc1O[C@H]1CCSC1. The van der Waals surface area contributed by atoms with Gasteiger partial charge in [-0.2, -0.15) is 16.9 Å². The summed E-state index contributed by atoms with van der Waals surface area (Å²) in [5.74, 6) is 2.19. The molecule has 3 aromatic rings. The molecule has 1 fully saturated rings. The van der Waals surface area contributed by atoms with Gasteiger partial charge in [-0.1, -0.05) is 0 Å². The standard InChI is InChI=1S/C17H16N4O2S/c22-16(20-12-4-3-11-9-19-21-15(11)8-12)14-2-1-6-18-17(14)23-13-5-7-24-10-13/h1-4,6,8-9,13H,5,7,10H2,(H,19,21)(H,20,22)/t13-/m0/s1. The fourth-order valence-corrected chi connectivity index (χ4v) is 3.73. The number of carbonyl (C=O) groups excluding carboxylic acids is 1. The lowest BCUT2D eigenvalue weighted by Gasteiger charge is -2.14. The molecular weight excluding hydrogens is 324 g/mol. The van der Waals surface area contributed by atoms with Crippen molar-refractivity contribution in [1.29, 1.82) is 0 Å². The van der Waals surface area contributed by atoms with E-state index in [-0.39, 0.29) is 12.0 Å². The molecule has 2 N–H and O–H groups in total. The molecule has 0 saturated carbocycles. The monoisotopic (exact) mass is 340 g/mol. The van der Waals surface area contributed by atoms with E-state index in [0.717, 1.165) is 28.8 Å². The molecule has 2 aromatic heterocycles. The molecule has 1 aromatic carbocycles. The second kappa shape index (κ2) is 6.52. The zero-order valence-corrected chi connectivity index (χ0v) is 13.7. The number of aromatic amines is 1. The van der Waals surface area contributed by atoms with E-state index in [1.54, 1.807) is 24.5 Å². The van der Waals surface area contributed by atoms with E-state index in [0.29, 0.717) is 17.1 Å². The van der Waals surface area contributed by atoms with Gasteiger partial charge in [-0.3, -0.25) is 9.89 Å². The lowest BCUT2D eigenvalue weighted by atomic mass is 10.2. The van der Waals surface area contributed by atoms with Gasteiger partial charge in [-0.25, -0.2) is 4.98 Å². The van der Waals surface area contributed by atoms with Crippen LogP contribution in [0.5, 0.6) is 5.88 Å². The van der Waals surface area contributed by atoms with Gasteiger partial charge in [0, 0.05) is 23.0 Å². The van der Waals surface area contributed by atoms with Crippen LogP contribution in [-0.4, -0.2) is 38.7 Å². The maximum absolute atomic E-state index is 12.6. The van der Waals surface area contributed by atoms with Crippen LogP contribution in [0.1, 0.15) is 16.8 Å². The van der Waals surface area contributed by atoms with Crippen molar-refractivity contribution in [2.75, 3.05) is 16.8 Å². The molecule has 1 aliphatic rings. The number of fused-ring (bicyclic) bond motifs is 1. The number of nitrogens with one attached hydrogen (secondary N) is 2. The van der Waals surface area contributed by atoms with Gasteiger partial charge in [0.25, 0.3) is 5.91 Å². The van der Waals surface area contributed by atoms with E-state index < -0.39 is 0 Å². The van der Waals surface area contributed by atoms with Crippen molar-refractivity contribution in [3.63, 3.8) is 0 Å². The van der Waals surface area contributed by atoms with Gasteiger partial charge in [0.2, 0.25) is 5.88 Å². The number of rotatable bonds is 4. The topological polar surface area (TPSA) is 79.9 Å². The Bertz CT molecular complexity index is 874. The summed E-state index contributed by atoms with van der Waals surface area (Å²) in [4.78, 5) is 16.9. The first kappa shape index (κ1) is 15.0. The quantitative estimate of drug-likeness (QED) is 0.763. The molecule has 0 spiro atoms. The Labute approximate surface area is 143 Å². The molecule has 1 aliphatic heterocycles. The van der Waals surface area contributed by atoms with Gasteiger partial charge in [-0.15, -0.1) is 0 Å². The third-order valence-electron chi connectivity index (χ3n) is 3.88. The summed E-state index contributed by atoms with van der Waals surface area (Å²) >= 11 is 1.86. The van der Waals surface area contributed by atoms with E-state index in [1.807, 2.05) is 30.0 Å². The number of H-pyrrole nitrogens is 1. The molecule has 7 heteroatoms. The fraction of sp³-hybridized carbons (Fsp3) is 0.235. The largest absolute Gasteiger partial charge is 0.473 e. The Morgan fingerprint density at radius 2 is 2.33 bits per heavy atom. The van der Waals surface area contributed by atoms with Crippen molar-refractivity contribution in [3.05, 3.63) is 48.3 Å². The van der Waals surface area contributed by atoms with Crippen LogP contribution >= 0.6 is 11.8 Å². The summed E-state index contributed by atoms with van der Waals surface area (Å²) in [6.45, 7) is 0. The maximum atomic E-state index is 12.6. The third kappa shape index (κ3) is 3.07. The minimum Gasteiger partial charge on any atom is -0.473 e. The highest BCUT2D eigenvalue weighted by Gasteiger charge is 2.21. The van der Waals surface area contributed by atoms with Crippen LogP contribution in [0.25, 0.3) is 10.9 Å². The first-order valence-corrected chi connectivity index (χ1v) is 8.89. The number of carbonyl (C=O) groups is 1. The van der Waals surface area contributed by atoms with E-state index in [1.165, 1.54) is 0 Å². The minimum atomic E-state index is -0.234. The number of nitrogens with zero attached hydrogens (tertiary/aromatic N) is 2. The van der Waals surface area contributed by atoms with Gasteiger partial charge in [-0.05, 0) is 42.5 Å². The van der Waals surface area contributed by atoms with E-state index in [9.17, 15) is 4.79 Å². The summed E-state index contributed by atoms with van der Waals surface area (Å²) in [6.07, 6.45) is 4.50. The van der Waals surface area contributed by atoms with Crippen LogP contribution in [0.4, 0.5) is 5.69 Å². The van der Waals surface area contributed by atoms with Crippen LogP contribution in [0.2, 0.25) is 0 Å². The normalized spacial score (nSPS) is 17.1. The number of benzene rings is 1. The van der Waals surface area contributed by atoms with Crippen LogP contribution in [0.3, 0.4) is 0 Å². The van der Waals surface area contributed by atoms with Crippen molar-refractivity contribution in [3.8, 4) is 5.88 Å². The second-order valence-electron chi connectivity index (χ2n) is 5.59. The number of hydrogen-bond acceptors (Lipinski definition) is 5. The molecular formula is C17H16N4O2S. The first-order chi connectivity index (χ1) is 11.8. The number of pyridine rings is 1. The number of thioether (sulfide) groups is 1. The lowest BCUT2D eigenvalue weighted by Crippen LogP contribution is -2.20. The highest BCUT2D eigenvalue weighted by atomic mass is 32.2. The van der Waals surface area contributed by atoms with E-state index in [4.69, 9.17) is 4.74 Å². The minimum absolute atomic E-state index is 0.123. The van der Waals surface area contributed by atoms with Crippen LogP contribution < -0.4 is 10.1 Å². The molecule has 1 amide bonds. The fourth-order valence-electron chi connectivity index (χ4n) is 2.63. The number of hydrogen-bond donors (Lipinski definition) is 2. The van der Waals surface area contributed by atoms with Crippen molar-refractivity contribution >= 4 is 34.3 Å². The molecule has 24 heavy (non-hydrogen) atoms. The average molecular weight is 340 g/mol. The number of amides is 1. The molecule has 3 heterocycles. The molecule has 6 nitrogen and oxygen atoms in total. The third-order valence-corrected chi connectivity index (χ3v) is 5.01. The summed E-state index contributed by atoms with van der Waals surface area (Å²) in [5, 5.41) is 10.8. The molecule has 0 radical (unpaired) electrons. The Kier molecular flexibility index (Phi) is 4.08. The average Bonchev–Trinajstić information content (AvgIpc) is 3.26. The van der Waals surface area contributed by atoms with Crippen molar-refractivity contribution < 1.29 is 9.53 Å². The summed E-state index contributed by atoms with van der Waals surface area (Å²) in [7, 11) is 0. The van der Waals surface area contributed by atoms with Crippen molar-refractivity contribution in [2.45, 2.75) is 12.5 Å². The molecule has 122 valence electrons. The summed E-state index contributed by atoms with van der Waals surface area (Å²) in [6, 6.07) is 9.08. The van der Waals surface area contributed by atoms with Crippen molar-refractivity contribution in [1.82, 2.24) is 15.2 Å². The highest BCUT2D eigenvalue weighted by Crippen LogP contribution is 2.25. The van der Waals surface area contributed by atoms with Gasteiger partial charge < -0.3 is 10.1 Å². The molecule has 4 rings (SSSR count).